The molecule has 0 aliphatic carbocycles. The molecule has 0 unspecified atom stereocenters. The van der Waals surface area contributed by atoms with E-state index in [1.807, 2.05) is 4.90 Å². The zero-order chi connectivity index (χ0) is 18.4. The van der Waals surface area contributed by atoms with Gasteiger partial charge in [0.1, 0.15) is 10.0 Å². The number of amides is 1. The number of hydrogen-bond donors (Lipinski definition) is 0. The number of pyridine rings is 1. The predicted octanol–water partition coefficient (Wildman–Crippen LogP) is 2.78. The normalized spacial score (nSPS) is 16.8. The van der Waals surface area contributed by atoms with Crippen molar-refractivity contribution < 1.29 is 13.2 Å². The molecule has 1 amide bonds. The molecule has 0 saturated carbocycles. The summed E-state index contributed by atoms with van der Waals surface area (Å²) in [5.74, 6) is 0.0501. The number of halogens is 1. The van der Waals surface area contributed by atoms with Crippen molar-refractivity contribution >= 4 is 27.5 Å². The number of carbonyl (C=O) groups is 1. The molecule has 1 aliphatic rings. The molecule has 0 aromatic carbocycles. The molecule has 1 aromatic heterocycles. The average Bonchev–Trinajstić information content (AvgIpc) is 2.61. The van der Waals surface area contributed by atoms with E-state index in [9.17, 15) is 13.2 Å². The summed E-state index contributed by atoms with van der Waals surface area (Å²) in [4.78, 5) is 18.5. The van der Waals surface area contributed by atoms with Gasteiger partial charge in [-0.1, -0.05) is 25.4 Å². The number of sulfonamides is 1. The molecule has 0 bridgehead atoms. The second kappa shape index (κ2) is 8.96. The Morgan fingerprint density at radius 3 is 2.40 bits per heavy atom. The second-order valence-corrected chi connectivity index (χ2v) is 8.56. The summed E-state index contributed by atoms with van der Waals surface area (Å²) in [6, 6.07) is 3.02. The fraction of sp³-hybridized carbons (Fsp3) is 0.647. The van der Waals surface area contributed by atoms with Crippen molar-refractivity contribution in [3.05, 3.63) is 23.5 Å². The molecule has 0 radical (unpaired) electrons. The van der Waals surface area contributed by atoms with Crippen LogP contribution in [0.25, 0.3) is 0 Å². The van der Waals surface area contributed by atoms with Crippen molar-refractivity contribution in [2.24, 2.45) is 5.92 Å². The Labute approximate surface area is 155 Å². The number of hydrogen-bond acceptors (Lipinski definition) is 4. The summed E-state index contributed by atoms with van der Waals surface area (Å²) in [6.07, 6.45) is 4.40. The number of piperidine rings is 1. The largest absolute Gasteiger partial charge is 0.342 e. The Morgan fingerprint density at radius 2 is 1.88 bits per heavy atom. The third kappa shape index (κ3) is 4.71. The third-order valence-corrected chi connectivity index (χ3v) is 6.79. The van der Waals surface area contributed by atoms with Crippen molar-refractivity contribution in [1.29, 1.82) is 0 Å². The summed E-state index contributed by atoms with van der Waals surface area (Å²) in [5, 5.41) is -0.0160. The molecule has 0 spiro atoms. The lowest BCUT2D eigenvalue weighted by molar-refractivity contribution is -0.136. The van der Waals surface area contributed by atoms with E-state index in [1.54, 1.807) is 6.07 Å². The molecule has 6 nitrogen and oxygen atoms in total. The van der Waals surface area contributed by atoms with Crippen molar-refractivity contribution in [2.45, 2.75) is 44.4 Å². The van der Waals surface area contributed by atoms with Gasteiger partial charge in [-0.05, 0) is 37.8 Å². The Hall–Kier alpha value is -1.18. The first kappa shape index (κ1) is 20.1. The second-order valence-electron chi connectivity index (χ2n) is 6.30. The SMILES string of the molecule is CCCN(CCC)C(=O)C1CCN(S(=O)(=O)c2cccnc2Cl)CC1. The fourth-order valence-corrected chi connectivity index (χ4v) is 5.07. The molecule has 2 heterocycles. The van der Waals surface area contributed by atoms with Gasteiger partial charge >= 0.3 is 0 Å². The van der Waals surface area contributed by atoms with Gasteiger partial charge in [0.05, 0.1) is 0 Å². The van der Waals surface area contributed by atoms with Gasteiger partial charge in [0.25, 0.3) is 0 Å². The van der Waals surface area contributed by atoms with Gasteiger partial charge < -0.3 is 4.90 Å². The van der Waals surface area contributed by atoms with Crippen LogP contribution in [0.4, 0.5) is 0 Å². The highest BCUT2D eigenvalue weighted by Gasteiger charge is 2.34. The van der Waals surface area contributed by atoms with Gasteiger partial charge in [0.15, 0.2) is 0 Å². The molecule has 8 heteroatoms. The van der Waals surface area contributed by atoms with Crippen LogP contribution in [-0.2, 0) is 14.8 Å². The van der Waals surface area contributed by atoms with Crippen LogP contribution in [0, 0.1) is 5.92 Å². The highest BCUT2D eigenvalue weighted by molar-refractivity contribution is 7.89. The zero-order valence-electron chi connectivity index (χ0n) is 14.8. The minimum atomic E-state index is -3.67. The number of carbonyl (C=O) groups excluding carboxylic acids is 1. The van der Waals surface area contributed by atoms with E-state index in [1.165, 1.54) is 16.6 Å². The van der Waals surface area contributed by atoms with E-state index in [0.717, 1.165) is 25.9 Å². The molecular formula is C17H26ClN3O3S. The van der Waals surface area contributed by atoms with E-state index in [-0.39, 0.29) is 21.9 Å². The van der Waals surface area contributed by atoms with Crippen LogP contribution < -0.4 is 0 Å². The van der Waals surface area contributed by atoms with Crippen molar-refractivity contribution in [1.82, 2.24) is 14.2 Å². The zero-order valence-corrected chi connectivity index (χ0v) is 16.4. The number of rotatable bonds is 7. The first-order chi connectivity index (χ1) is 11.9. The first-order valence-electron chi connectivity index (χ1n) is 8.81. The van der Waals surface area contributed by atoms with Crippen molar-refractivity contribution in [2.75, 3.05) is 26.2 Å². The van der Waals surface area contributed by atoms with Crippen LogP contribution in [0.5, 0.6) is 0 Å². The standard InChI is InChI=1S/C17H26ClN3O3S/c1-3-10-20(11-4-2)17(22)14-7-12-21(13-8-14)25(23,24)15-6-5-9-19-16(15)18/h5-6,9,14H,3-4,7-8,10-13H2,1-2H3. The molecule has 1 saturated heterocycles. The minimum Gasteiger partial charge on any atom is -0.342 e. The maximum absolute atomic E-state index is 12.7. The molecule has 2 rings (SSSR count). The van der Waals surface area contributed by atoms with Gasteiger partial charge in [-0.3, -0.25) is 4.79 Å². The van der Waals surface area contributed by atoms with Gasteiger partial charge in [0, 0.05) is 38.3 Å². The number of nitrogens with zero attached hydrogens (tertiary/aromatic N) is 3. The molecule has 1 aliphatic heterocycles. The van der Waals surface area contributed by atoms with Crippen LogP contribution in [0.1, 0.15) is 39.5 Å². The van der Waals surface area contributed by atoms with Crippen LogP contribution in [-0.4, -0.2) is 54.7 Å². The first-order valence-corrected chi connectivity index (χ1v) is 10.6. The maximum Gasteiger partial charge on any atom is 0.246 e. The average molecular weight is 388 g/mol. The molecule has 0 N–H and O–H groups in total. The lowest BCUT2D eigenvalue weighted by atomic mass is 9.96. The fourth-order valence-electron chi connectivity index (χ4n) is 3.18. The lowest BCUT2D eigenvalue weighted by Crippen LogP contribution is -2.44. The molecule has 140 valence electrons. The monoisotopic (exact) mass is 387 g/mol. The van der Waals surface area contributed by atoms with Crippen LogP contribution in [0.3, 0.4) is 0 Å². The Kier molecular flexibility index (Phi) is 7.22. The molecule has 0 atom stereocenters. The third-order valence-electron chi connectivity index (χ3n) is 4.44. The molecule has 1 fully saturated rings. The summed E-state index contributed by atoms with van der Waals surface area (Å²) in [5.41, 5.74) is 0. The quantitative estimate of drug-likeness (QED) is 0.674. The summed E-state index contributed by atoms with van der Waals surface area (Å²) >= 11 is 5.94. The van der Waals surface area contributed by atoms with Crippen LogP contribution in [0.2, 0.25) is 5.15 Å². The van der Waals surface area contributed by atoms with Crippen molar-refractivity contribution in [3.8, 4) is 0 Å². The van der Waals surface area contributed by atoms with Gasteiger partial charge in [0.2, 0.25) is 15.9 Å². The topological polar surface area (TPSA) is 70.6 Å². The smallest absolute Gasteiger partial charge is 0.246 e. The lowest BCUT2D eigenvalue weighted by Gasteiger charge is -2.33. The molecular weight excluding hydrogens is 362 g/mol. The minimum absolute atomic E-state index is 0.0160. The van der Waals surface area contributed by atoms with Crippen molar-refractivity contribution in [3.63, 3.8) is 0 Å². The van der Waals surface area contributed by atoms with Crippen LogP contribution in [0.15, 0.2) is 23.2 Å². The highest BCUT2D eigenvalue weighted by atomic mass is 35.5. The van der Waals surface area contributed by atoms with E-state index >= 15 is 0 Å². The maximum atomic E-state index is 12.7. The van der Waals surface area contributed by atoms with Gasteiger partial charge in [-0.15, -0.1) is 0 Å². The molecule has 25 heavy (non-hydrogen) atoms. The van der Waals surface area contributed by atoms with Crippen LogP contribution >= 0.6 is 11.6 Å². The van der Waals surface area contributed by atoms with E-state index in [2.05, 4.69) is 18.8 Å². The Balaban J connectivity index is 2.04. The van der Waals surface area contributed by atoms with E-state index in [0.29, 0.717) is 25.9 Å². The number of aromatic nitrogens is 1. The predicted molar refractivity (Wildman–Crippen MR) is 97.9 cm³/mol. The summed E-state index contributed by atoms with van der Waals surface area (Å²) in [7, 11) is -3.67. The van der Waals surface area contributed by atoms with Gasteiger partial charge in [-0.25, -0.2) is 13.4 Å². The van der Waals surface area contributed by atoms with Gasteiger partial charge in [-0.2, -0.15) is 4.31 Å². The Bertz CT molecular complexity index is 682. The summed E-state index contributed by atoms with van der Waals surface area (Å²) < 4.78 is 26.9. The molecule has 1 aromatic rings. The van der Waals surface area contributed by atoms with E-state index < -0.39 is 10.0 Å². The summed E-state index contributed by atoms with van der Waals surface area (Å²) in [6.45, 7) is 6.30. The Morgan fingerprint density at radius 1 is 1.28 bits per heavy atom. The van der Waals surface area contributed by atoms with E-state index in [4.69, 9.17) is 11.6 Å². The highest BCUT2D eigenvalue weighted by Crippen LogP contribution is 2.27.